The molecule has 0 aliphatic heterocycles. The Kier molecular flexibility index (Phi) is 13.8. The molecule has 0 heterocycles. The Morgan fingerprint density at radius 3 is 2.19 bits per heavy atom. The molecule has 3 atom stereocenters. The minimum atomic E-state index is -0.997. The van der Waals surface area contributed by atoms with Gasteiger partial charge in [0.2, 0.25) is 11.8 Å². The van der Waals surface area contributed by atoms with Gasteiger partial charge in [0.05, 0.1) is 0 Å². The molecule has 3 amide bonds. The molecule has 42 heavy (non-hydrogen) atoms. The second kappa shape index (κ2) is 16.8. The number of amides is 3. The molecule has 3 N–H and O–H groups in total. The second-order valence-electron chi connectivity index (χ2n) is 12.1. The number of ether oxygens (including phenoxy) is 1. The fraction of sp³-hybridized carbons (Fsp3) is 0.559. The number of benzene rings is 2. The van der Waals surface area contributed by atoms with E-state index in [-0.39, 0.29) is 30.0 Å². The molecule has 0 aromatic heterocycles. The van der Waals surface area contributed by atoms with E-state index in [2.05, 4.69) is 24.5 Å². The van der Waals surface area contributed by atoms with Crippen LogP contribution in [0, 0.1) is 6.92 Å². The van der Waals surface area contributed by atoms with E-state index in [1.807, 2.05) is 38.1 Å². The predicted molar refractivity (Wildman–Crippen MR) is 167 cm³/mol. The summed E-state index contributed by atoms with van der Waals surface area (Å²) in [4.78, 5) is 43.1. The Balaban J connectivity index is 2.58. The van der Waals surface area contributed by atoms with Gasteiger partial charge in [-0.2, -0.15) is 0 Å². The van der Waals surface area contributed by atoms with Crippen LogP contribution in [-0.2, 0) is 20.7 Å². The highest BCUT2D eigenvalue weighted by molar-refractivity contribution is 5.92. The second-order valence-corrected chi connectivity index (χ2v) is 12.1. The van der Waals surface area contributed by atoms with Crippen LogP contribution in [0.1, 0.15) is 103 Å². The molecule has 0 saturated carbocycles. The van der Waals surface area contributed by atoms with Crippen LogP contribution in [0.15, 0.2) is 48.5 Å². The number of carbonyl (C=O) groups is 3. The highest BCUT2D eigenvalue weighted by atomic mass is 16.6. The van der Waals surface area contributed by atoms with Gasteiger partial charge in [-0.15, -0.1) is 0 Å². The molecule has 0 bridgehead atoms. The summed E-state index contributed by atoms with van der Waals surface area (Å²) in [5, 5.41) is 15.7. The smallest absolute Gasteiger partial charge is 0.408 e. The number of aryl methyl sites for hydroxylation is 1. The molecule has 0 aliphatic carbocycles. The molecule has 0 saturated heterocycles. The molecule has 0 aliphatic rings. The van der Waals surface area contributed by atoms with Crippen LogP contribution in [0.3, 0.4) is 0 Å². The van der Waals surface area contributed by atoms with E-state index in [0.717, 1.165) is 55.2 Å². The number of hydrogen-bond donors (Lipinski definition) is 3. The molecule has 0 radical (unpaired) electrons. The van der Waals surface area contributed by atoms with Crippen molar-refractivity contribution in [1.29, 1.82) is 0 Å². The molecular formula is C34H51N3O5. The lowest BCUT2D eigenvalue weighted by Gasteiger charge is -2.36. The topological polar surface area (TPSA) is 108 Å². The maximum atomic E-state index is 14.5. The van der Waals surface area contributed by atoms with Crippen molar-refractivity contribution in [2.75, 3.05) is 6.54 Å². The first-order valence-electron chi connectivity index (χ1n) is 15.3. The maximum absolute atomic E-state index is 14.5. The number of nitrogens with zero attached hydrogens (tertiary/aromatic N) is 1. The first-order chi connectivity index (χ1) is 19.9. The van der Waals surface area contributed by atoms with Gasteiger partial charge in [-0.3, -0.25) is 9.59 Å². The number of carbonyl (C=O) groups excluding carboxylic acids is 3. The molecular weight excluding hydrogens is 530 g/mol. The first-order valence-corrected chi connectivity index (χ1v) is 15.3. The summed E-state index contributed by atoms with van der Waals surface area (Å²) in [5.74, 6) is -0.497. The summed E-state index contributed by atoms with van der Waals surface area (Å²) < 4.78 is 5.52. The first kappa shape index (κ1) is 34.7. The van der Waals surface area contributed by atoms with Gasteiger partial charge in [0.1, 0.15) is 23.4 Å². The number of unbranched alkanes of at least 4 members (excludes halogenated alkanes) is 3. The van der Waals surface area contributed by atoms with E-state index in [0.29, 0.717) is 6.54 Å². The van der Waals surface area contributed by atoms with Gasteiger partial charge in [0.25, 0.3) is 0 Å². The van der Waals surface area contributed by atoms with E-state index in [4.69, 9.17) is 4.74 Å². The van der Waals surface area contributed by atoms with Crippen LogP contribution < -0.4 is 10.6 Å². The van der Waals surface area contributed by atoms with Crippen molar-refractivity contribution in [3.63, 3.8) is 0 Å². The number of phenols is 1. The zero-order valence-electron chi connectivity index (χ0n) is 26.5. The monoisotopic (exact) mass is 581 g/mol. The summed E-state index contributed by atoms with van der Waals surface area (Å²) in [6, 6.07) is 12.2. The van der Waals surface area contributed by atoms with Crippen LogP contribution in [0.5, 0.6) is 5.75 Å². The lowest BCUT2D eigenvalue weighted by Crippen LogP contribution is -2.54. The molecule has 0 fully saturated rings. The van der Waals surface area contributed by atoms with Gasteiger partial charge in [-0.25, -0.2) is 4.79 Å². The van der Waals surface area contributed by atoms with Crippen LogP contribution in [0.4, 0.5) is 4.79 Å². The van der Waals surface area contributed by atoms with E-state index >= 15 is 0 Å². The van der Waals surface area contributed by atoms with Crippen molar-refractivity contribution < 1.29 is 24.2 Å². The number of aromatic hydroxyl groups is 1. The third kappa shape index (κ3) is 11.4. The Bertz CT molecular complexity index is 1140. The summed E-state index contributed by atoms with van der Waals surface area (Å²) >= 11 is 0. The molecule has 2 aromatic carbocycles. The van der Waals surface area contributed by atoms with Gasteiger partial charge in [-0.1, -0.05) is 75.9 Å². The van der Waals surface area contributed by atoms with Gasteiger partial charge in [0.15, 0.2) is 0 Å². The zero-order chi connectivity index (χ0) is 31.3. The standard InChI is InChI=1S/C34H51N3O5/c1-8-10-11-14-22-37(30(28-17-13-12-16-24(28)3)31(39)35-25(4)15-9-2)32(40)29(36-33(41)42-34(5,6)7)23-26-18-20-27(38)21-19-26/h12-13,16-21,25,29-30,38H,8-11,14-15,22-23H2,1-7H3,(H,35,39)(H,36,41). The molecule has 2 aromatic rings. The van der Waals surface area contributed by atoms with E-state index in [1.165, 1.54) is 0 Å². The van der Waals surface area contributed by atoms with Crippen molar-refractivity contribution in [1.82, 2.24) is 15.5 Å². The number of hydrogen-bond acceptors (Lipinski definition) is 5. The summed E-state index contributed by atoms with van der Waals surface area (Å²) in [6.45, 7) is 13.8. The Morgan fingerprint density at radius 1 is 0.929 bits per heavy atom. The number of phenolic OH excluding ortho intramolecular Hbond substituents is 1. The van der Waals surface area contributed by atoms with Crippen molar-refractivity contribution in [2.24, 2.45) is 0 Å². The van der Waals surface area contributed by atoms with Crippen molar-refractivity contribution in [3.8, 4) is 5.75 Å². The van der Waals surface area contributed by atoms with Gasteiger partial charge >= 0.3 is 6.09 Å². The fourth-order valence-electron chi connectivity index (χ4n) is 4.96. The average Bonchev–Trinajstić information content (AvgIpc) is 2.90. The number of nitrogens with one attached hydrogen (secondary N) is 2. The number of alkyl carbamates (subject to hydrolysis) is 1. The minimum absolute atomic E-state index is 0.0567. The minimum Gasteiger partial charge on any atom is -0.508 e. The Morgan fingerprint density at radius 2 is 1.60 bits per heavy atom. The summed E-state index contributed by atoms with van der Waals surface area (Å²) in [6.07, 6.45) is 4.88. The highest BCUT2D eigenvalue weighted by Gasteiger charge is 2.37. The number of rotatable bonds is 15. The van der Waals surface area contributed by atoms with Crippen molar-refractivity contribution in [2.45, 2.75) is 117 Å². The quantitative estimate of drug-likeness (QED) is 0.206. The fourth-order valence-corrected chi connectivity index (χ4v) is 4.96. The predicted octanol–water partition coefficient (Wildman–Crippen LogP) is 6.59. The molecule has 8 nitrogen and oxygen atoms in total. The van der Waals surface area contributed by atoms with Crippen LogP contribution in [0.25, 0.3) is 0 Å². The van der Waals surface area contributed by atoms with Gasteiger partial charge < -0.3 is 25.4 Å². The van der Waals surface area contributed by atoms with Crippen molar-refractivity contribution in [3.05, 3.63) is 65.2 Å². The zero-order valence-corrected chi connectivity index (χ0v) is 26.5. The normalized spacial score (nSPS) is 13.5. The molecule has 2 rings (SSSR count). The van der Waals surface area contributed by atoms with E-state index in [1.54, 1.807) is 49.9 Å². The average molecular weight is 582 g/mol. The van der Waals surface area contributed by atoms with Crippen LogP contribution >= 0.6 is 0 Å². The van der Waals surface area contributed by atoms with Crippen molar-refractivity contribution >= 4 is 17.9 Å². The third-order valence-corrected chi connectivity index (χ3v) is 7.05. The lowest BCUT2D eigenvalue weighted by molar-refractivity contribution is -0.142. The Labute approximate surface area is 252 Å². The molecule has 0 spiro atoms. The van der Waals surface area contributed by atoms with Crippen LogP contribution in [-0.4, -0.2) is 52.1 Å². The highest BCUT2D eigenvalue weighted by Crippen LogP contribution is 2.27. The van der Waals surface area contributed by atoms with Gasteiger partial charge in [0, 0.05) is 19.0 Å². The Hall–Kier alpha value is -3.55. The van der Waals surface area contributed by atoms with Gasteiger partial charge in [-0.05, 0) is 76.3 Å². The lowest BCUT2D eigenvalue weighted by atomic mass is 9.96. The maximum Gasteiger partial charge on any atom is 0.408 e. The molecule has 3 unspecified atom stereocenters. The van der Waals surface area contributed by atoms with Crippen LogP contribution in [0.2, 0.25) is 0 Å². The van der Waals surface area contributed by atoms with E-state index in [9.17, 15) is 19.5 Å². The SMILES string of the molecule is CCCCCCN(C(=O)C(Cc1ccc(O)cc1)NC(=O)OC(C)(C)C)C(C(=O)NC(C)CCC)c1ccccc1C. The molecule has 232 valence electrons. The third-order valence-electron chi connectivity index (χ3n) is 7.05. The summed E-state index contributed by atoms with van der Waals surface area (Å²) in [7, 11) is 0. The molecule has 8 heteroatoms. The van der Waals surface area contributed by atoms with E-state index < -0.39 is 23.8 Å². The largest absolute Gasteiger partial charge is 0.508 e. The summed E-state index contributed by atoms with van der Waals surface area (Å²) in [5.41, 5.74) is 1.65.